The van der Waals surface area contributed by atoms with E-state index in [1.54, 1.807) is 6.20 Å². The summed E-state index contributed by atoms with van der Waals surface area (Å²) in [6.45, 7) is 1.88. The summed E-state index contributed by atoms with van der Waals surface area (Å²) < 4.78 is 4.77. The van der Waals surface area contributed by atoms with Crippen molar-refractivity contribution in [2.75, 3.05) is 7.11 Å². The Morgan fingerprint density at radius 3 is 2.62 bits per heavy atom. The van der Waals surface area contributed by atoms with Gasteiger partial charge in [0.2, 0.25) is 5.91 Å². The smallest absolute Gasteiger partial charge is 0.328 e. The Labute approximate surface area is 145 Å². The van der Waals surface area contributed by atoms with Gasteiger partial charge in [-0.05, 0) is 5.56 Å². The number of nitrogens with two attached hydrogens (primary N) is 1. The van der Waals surface area contributed by atoms with Crippen LogP contribution in [0.5, 0.6) is 0 Å². The number of ether oxygens (including phenoxy) is 1. The summed E-state index contributed by atoms with van der Waals surface area (Å²) in [6, 6.07) is 7.98. The van der Waals surface area contributed by atoms with Crippen LogP contribution in [0.25, 0.3) is 0 Å². The van der Waals surface area contributed by atoms with Crippen molar-refractivity contribution in [3.63, 3.8) is 0 Å². The molecule has 6 nitrogen and oxygen atoms in total. The largest absolute Gasteiger partial charge is 0.467 e. The molecule has 1 amide bonds. The Morgan fingerprint density at radius 2 is 2.04 bits per heavy atom. The summed E-state index contributed by atoms with van der Waals surface area (Å²) in [5, 5.41) is 5.24. The molecule has 0 spiro atoms. The summed E-state index contributed by atoms with van der Waals surface area (Å²) in [4.78, 5) is 28.5. The van der Waals surface area contributed by atoms with E-state index in [4.69, 9.17) is 10.5 Å². The molecule has 0 radical (unpaired) electrons. The second-order valence-electron chi connectivity index (χ2n) is 5.44. The van der Waals surface area contributed by atoms with Crippen molar-refractivity contribution in [3.8, 4) is 0 Å². The van der Waals surface area contributed by atoms with E-state index in [9.17, 15) is 9.59 Å². The zero-order chi connectivity index (χ0) is 17.5. The van der Waals surface area contributed by atoms with Crippen LogP contribution >= 0.6 is 11.3 Å². The lowest BCUT2D eigenvalue weighted by Crippen LogP contribution is -2.51. The molecule has 0 unspecified atom stereocenters. The summed E-state index contributed by atoms with van der Waals surface area (Å²) in [7, 11) is 1.29. The number of hydrogen-bond acceptors (Lipinski definition) is 6. The Hall–Kier alpha value is -2.25. The van der Waals surface area contributed by atoms with Crippen molar-refractivity contribution in [2.45, 2.75) is 31.3 Å². The first-order valence-electron chi connectivity index (χ1n) is 7.60. The maximum absolute atomic E-state index is 12.5. The monoisotopic (exact) mass is 347 g/mol. The molecule has 0 saturated carbocycles. The lowest BCUT2D eigenvalue weighted by molar-refractivity contribution is -0.145. The van der Waals surface area contributed by atoms with Crippen molar-refractivity contribution in [1.29, 1.82) is 0 Å². The van der Waals surface area contributed by atoms with Crippen molar-refractivity contribution < 1.29 is 14.3 Å². The highest BCUT2D eigenvalue weighted by molar-refractivity contribution is 7.09. The Kier molecular flexibility index (Phi) is 6.45. The third kappa shape index (κ3) is 4.62. The molecule has 3 atom stereocenters. The number of thiazole rings is 1. The fourth-order valence-corrected chi connectivity index (χ4v) is 2.99. The minimum absolute atomic E-state index is 0.177. The van der Waals surface area contributed by atoms with Crippen LogP contribution in [0.3, 0.4) is 0 Å². The van der Waals surface area contributed by atoms with Gasteiger partial charge in [-0.2, -0.15) is 0 Å². The van der Waals surface area contributed by atoms with Crippen LogP contribution in [0.2, 0.25) is 0 Å². The van der Waals surface area contributed by atoms with Gasteiger partial charge in [0.1, 0.15) is 6.04 Å². The van der Waals surface area contributed by atoms with Crippen LogP contribution < -0.4 is 11.1 Å². The number of rotatable bonds is 7. The van der Waals surface area contributed by atoms with E-state index in [0.717, 1.165) is 10.6 Å². The number of carbonyl (C=O) groups excluding carboxylic acids is 2. The minimum atomic E-state index is -0.803. The third-order valence-corrected chi connectivity index (χ3v) is 4.63. The van der Waals surface area contributed by atoms with Gasteiger partial charge in [0.15, 0.2) is 0 Å². The second-order valence-corrected chi connectivity index (χ2v) is 6.42. The molecule has 24 heavy (non-hydrogen) atoms. The summed E-state index contributed by atoms with van der Waals surface area (Å²) in [5.74, 6) is -1.08. The van der Waals surface area contributed by atoms with Gasteiger partial charge in [-0.3, -0.25) is 4.79 Å². The van der Waals surface area contributed by atoms with Gasteiger partial charge >= 0.3 is 5.97 Å². The molecular formula is C17H21N3O3S. The van der Waals surface area contributed by atoms with E-state index >= 15 is 0 Å². The lowest BCUT2D eigenvalue weighted by atomic mass is 9.93. The van der Waals surface area contributed by atoms with Gasteiger partial charge in [0.05, 0.1) is 18.2 Å². The van der Waals surface area contributed by atoms with Crippen molar-refractivity contribution in [1.82, 2.24) is 10.3 Å². The van der Waals surface area contributed by atoms with Gasteiger partial charge in [0.25, 0.3) is 0 Å². The molecule has 0 fully saturated rings. The molecule has 1 heterocycles. The summed E-state index contributed by atoms with van der Waals surface area (Å²) in [5.41, 5.74) is 7.05. The molecule has 0 aliphatic rings. The van der Waals surface area contributed by atoms with Crippen LogP contribution in [0.15, 0.2) is 41.9 Å². The average Bonchev–Trinajstić information content (AvgIpc) is 3.12. The maximum atomic E-state index is 12.5. The summed E-state index contributed by atoms with van der Waals surface area (Å²) >= 11 is 1.42. The zero-order valence-corrected chi connectivity index (χ0v) is 14.5. The van der Waals surface area contributed by atoms with Crippen molar-refractivity contribution in [2.24, 2.45) is 5.73 Å². The molecular weight excluding hydrogens is 326 g/mol. The number of methoxy groups -OCH3 is 1. The van der Waals surface area contributed by atoms with Crippen LogP contribution in [-0.4, -0.2) is 36.1 Å². The van der Waals surface area contributed by atoms with E-state index in [-0.39, 0.29) is 12.3 Å². The van der Waals surface area contributed by atoms with Gasteiger partial charge < -0.3 is 15.8 Å². The number of aromatic nitrogens is 1. The molecule has 1 aromatic heterocycles. The molecule has 128 valence electrons. The second kappa shape index (κ2) is 8.56. The molecule has 1 aromatic carbocycles. The number of amides is 1. The van der Waals surface area contributed by atoms with Gasteiger partial charge in [-0.25, -0.2) is 9.78 Å². The summed E-state index contributed by atoms with van der Waals surface area (Å²) in [6.07, 6.45) is 1.93. The standard InChI is InChI=1S/C17H21N3O3S/c1-11(12-6-4-3-5-7-12)15(18)16(21)20-13(17(22)23-2)10-14-19-8-9-24-14/h3-9,11,13,15H,10,18H2,1-2H3,(H,20,21)/t11-,13-,15-/m0/s1. The Morgan fingerprint density at radius 1 is 1.33 bits per heavy atom. The molecule has 2 rings (SSSR count). The van der Waals surface area contributed by atoms with E-state index in [1.807, 2.05) is 42.6 Å². The molecule has 0 bridgehead atoms. The van der Waals surface area contributed by atoms with Crippen molar-refractivity contribution >= 4 is 23.2 Å². The number of esters is 1. The highest BCUT2D eigenvalue weighted by atomic mass is 32.1. The van der Waals surface area contributed by atoms with E-state index < -0.39 is 24.0 Å². The molecule has 0 saturated heterocycles. The number of nitrogens with one attached hydrogen (secondary N) is 1. The van der Waals surface area contributed by atoms with Crippen molar-refractivity contribution in [3.05, 3.63) is 52.5 Å². The van der Waals surface area contributed by atoms with Crippen LogP contribution in [0, 0.1) is 0 Å². The van der Waals surface area contributed by atoms with E-state index in [2.05, 4.69) is 10.3 Å². The highest BCUT2D eigenvalue weighted by Gasteiger charge is 2.28. The quantitative estimate of drug-likeness (QED) is 0.740. The Bertz CT molecular complexity index is 661. The third-order valence-electron chi connectivity index (χ3n) is 3.83. The van der Waals surface area contributed by atoms with Gasteiger partial charge in [-0.1, -0.05) is 37.3 Å². The first-order valence-corrected chi connectivity index (χ1v) is 8.48. The lowest BCUT2D eigenvalue weighted by Gasteiger charge is -2.22. The zero-order valence-electron chi connectivity index (χ0n) is 13.6. The number of nitrogens with zero attached hydrogens (tertiary/aromatic N) is 1. The van der Waals surface area contributed by atoms with Crippen LogP contribution in [0.4, 0.5) is 0 Å². The molecule has 0 aliphatic heterocycles. The van der Waals surface area contributed by atoms with E-state index in [1.165, 1.54) is 18.4 Å². The Balaban J connectivity index is 2.04. The highest BCUT2D eigenvalue weighted by Crippen LogP contribution is 2.18. The SMILES string of the molecule is COC(=O)[C@H](Cc1nccs1)NC(=O)[C@@H](N)[C@@H](C)c1ccccc1. The first kappa shape index (κ1) is 18.1. The predicted molar refractivity (Wildman–Crippen MR) is 92.6 cm³/mol. The fraction of sp³-hybridized carbons (Fsp3) is 0.353. The normalized spacial score (nSPS) is 14.5. The maximum Gasteiger partial charge on any atom is 0.328 e. The average molecular weight is 347 g/mol. The predicted octanol–water partition coefficient (Wildman–Crippen LogP) is 1.47. The number of carbonyl (C=O) groups is 2. The molecule has 2 aromatic rings. The molecule has 3 N–H and O–H groups in total. The van der Waals surface area contributed by atoms with Gasteiger partial charge in [-0.15, -0.1) is 11.3 Å². The number of benzene rings is 1. The van der Waals surface area contributed by atoms with Crippen LogP contribution in [-0.2, 0) is 20.7 Å². The molecule has 0 aliphatic carbocycles. The van der Waals surface area contributed by atoms with Crippen LogP contribution in [0.1, 0.15) is 23.4 Å². The number of hydrogen-bond donors (Lipinski definition) is 2. The fourth-order valence-electron chi connectivity index (χ4n) is 2.32. The first-order chi connectivity index (χ1) is 11.5. The van der Waals surface area contributed by atoms with Gasteiger partial charge in [0, 0.05) is 23.9 Å². The minimum Gasteiger partial charge on any atom is -0.467 e. The molecule has 7 heteroatoms. The van der Waals surface area contributed by atoms with E-state index in [0.29, 0.717) is 0 Å². The topological polar surface area (TPSA) is 94.3 Å².